The maximum absolute atomic E-state index is 12.5. The van der Waals surface area contributed by atoms with Gasteiger partial charge in [-0.15, -0.1) is 0 Å². The molecule has 1 aliphatic heterocycles. The fourth-order valence-electron chi connectivity index (χ4n) is 2.23. The van der Waals surface area contributed by atoms with E-state index in [1.165, 1.54) is 0 Å². The number of nitrogens with zero attached hydrogens (tertiary/aromatic N) is 2. The second-order valence-corrected chi connectivity index (χ2v) is 6.28. The monoisotopic (exact) mass is 272 g/mol. The molecule has 1 amide bonds. The van der Waals surface area contributed by atoms with Crippen molar-refractivity contribution in [1.82, 2.24) is 4.90 Å². The highest BCUT2D eigenvalue weighted by Crippen LogP contribution is 2.29. The first-order chi connectivity index (χ1) is 9.32. The Morgan fingerprint density at radius 2 is 2.15 bits per heavy atom. The molecule has 1 aliphatic rings. The zero-order chi connectivity index (χ0) is 14.9. The van der Waals surface area contributed by atoms with Gasteiger partial charge in [0.25, 0.3) is 0 Å². The van der Waals surface area contributed by atoms with Crippen molar-refractivity contribution in [3.63, 3.8) is 0 Å². The Kier molecular flexibility index (Phi) is 3.71. The second-order valence-electron chi connectivity index (χ2n) is 6.28. The maximum atomic E-state index is 12.5. The molecule has 0 fully saturated rings. The van der Waals surface area contributed by atoms with E-state index in [9.17, 15) is 4.79 Å². The Hall–Kier alpha value is -2.02. The van der Waals surface area contributed by atoms with Gasteiger partial charge in [-0.3, -0.25) is 4.79 Å². The van der Waals surface area contributed by atoms with Crippen LogP contribution in [0, 0.1) is 16.7 Å². The predicted molar refractivity (Wildman–Crippen MR) is 76.1 cm³/mol. The van der Waals surface area contributed by atoms with Gasteiger partial charge in [-0.1, -0.05) is 26.8 Å². The summed E-state index contributed by atoms with van der Waals surface area (Å²) in [5.74, 6) is 0.825. The topological polar surface area (TPSA) is 53.3 Å². The molecular weight excluding hydrogens is 252 g/mol. The number of amides is 1. The van der Waals surface area contributed by atoms with Crippen molar-refractivity contribution >= 4 is 5.91 Å². The molecule has 2 rings (SSSR count). The summed E-state index contributed by atoms with van der Waals surface area (Å²) < 4.78 is 5.75. The third-order valence-electron chi connectivity index (χ3n) is 3.45. The zero-order valence-electron chi connectivity index (χ0n) is 12.4. The summed E-state index contributed by atoms with van der Waals surface area (Å²) in [7, 11) is 0. The number of nitriles is 1. The van der Waals surface area contributed by atoms with E-state index in [2.05, 4.69) is 6.07 Å². The molecule has 1 aromatic rings. The van der Waals surface area contributed by atoms with E-state index >= 15 is 0 Å². The lowest BCUT2D eigenvalue weighted by Gasteiger charge is -2.32. The van der Waals surface area contributed by atoms with E-state index < -0.39 is 5.41 Å². The van der Waals surface area contributed by atoms with E-state index in [0.29, 0.717) is 24.5 Å². The SMILES string of the molecule is C[C@H]1COc2cc(C#N)ccc2CN1C(=O)C(C)(C)C. The first-order valence-electron chi connectivity index (χ1n) is 6.80. The molecule has 0 spiro atoms. The van der Waals surface area contributed by atoms with Gasteiger partial charge in [0.1, 0.15) is 12.4 Å². The molecular formula is C16H20N2O2. The van der Waals surface area contributed by atoms with Gasteiger partial charge in [0.2, 0.25) is 5.91 Å². The Morgan fingerprint density at radius 1 is 1.45 bits per heavy atom. The Bertz CT molecular complexity index is 567. The zero-order valence-corrected chi connectivity index (χ0v) is 12.4. The molecule has 0 radical (unpaired) electrons. The average molecular weight is 272 g/mol. The lowest BCUT2D eigenvalue weighted by molar-refractivity contribution is -0.142. The highest BCUT2D eigenvalue weighted by Gasteiger charge is 2.32. The third kappa shape index (κ3) is 2.77. The summed E-state index contributed by atoms with van der Waals surface area (Å²) in [5.41, 5.74) is 1.11. The Morgan fingerprint density at radius 3 is 2.75 bits per heavy atom. The fourth-order valence-corrected chi connectivity index (χ4v) is 2.23. The lowest BCUT2D eigenvalue weighted by atomic mass is 9.93. The van der Waals surface area contributed by atoms with Gasteiger partial charge in [-0.25, -0.2) is 0 Å². The number of rotatable bonds is 0. The average Bonchev–Trinajstić information content (AvgIpc) is 2.56. The highest BCUT2D eigenvalue weighted by molar-refractivity contribution is 5.82. The van der Waals surface area contributed by atoms with Gasteiger partial charge < -0.3 is 9.64 Å². The van der Waals surface area contributed by atoms with Gasteiger partial charge in [0.05, 0.1) is 17.7 Å². The molecule has 1 heterocycles. The van der Waals surface area contributed by atoms with Crippen molar-refractivity contribution in [3.05, 3.63) is 29.3 Å². The van der Waals surface area contributed by atoms with Gasteiger partial charge in [0, 0.05) is 17.5 Å². The number of hydrogen-bond donors (Lipinski definition) is 0. The van der Waals surface area contributed by atoms with Gasteiger partial charge in [-0.2, -0.15) is 5.26 Å². The summed E-state index contributed by atoms with van der Waals surface area (Å²) >= 11 is 0. The van der Waals surface area contributed by atoms with Crippen LogP contribution < -0.4 is 4.74 Å². The number of benzene rings is 1. The largest absolute Gasteiger partial charge is 0.491 e. The molecule has 1 aromatic carbocycles. The molecule has 0 aliphatic carbocycles. The van der Waals surface area contributed by atoms with Crippen LogP contribution >= 0.6 is 0 Å². The van der Waals surface area contributed by atoms with Gasteiger partial charge >= 0.3 is 0 Å². The number of carbonyl (C=O) groups excluding carboxylic acids is 1. The van der Waals surface area contributed by atoms with Crippen LogP contribution in [-0.4, -0.2) is 23.5 Å². The summed E-state index contributed by atoms with van der Waals surface area (Å²) in [5, 5.41) is 8.94. The van der Waals surface area contributed by atoms with Crippen molar-refractivity contribution in [2.75, 3.05) is 6.61 Å². The fraction of sp³-hybridized carbons (Fsp3) is 0.500. The van der Waals surface area contributed by atoms with E-state index in [1.54, 1.807) is 12.1 Å². The second kappa shape index (κ2) is 5.16. The van der Waals surface area contributed by atoms with Crippen LogP contribution in [0.5, 0.6) is 5.75 Å². The van der Waals surface area contributed by atoms with Crippen LogP contribution in [-0.2, 0) is 11.3 Å². The summed E-state index contributed by atoms with van der Waals surface area (Å²) in [6, 6.07) is 7.49. The molecule has 0 bridgehead atoms. The van der Waals surface area contributed by atoms with Crippen molar-refractivity contribution in [1.29, 1.82) is 5.26 Å². The molecule has 0 unspecified atom stereocenters. The number of hydrogen-bond acceptors (Lipinski definition) is 3. The standard InChI is InChI=1S/C16H20N2O2/c1-11-10-20-14-7-12(8-17)5-6-13(14)9-18(11)15(19)16(2,3)4/h5-7,11H,9-10H2,1-4H3/t11-/m0/s1. The lowest BCUT2D eigenvalue weighted by Crippen LogP contribution is -2.45. The molecule has 20 heavy (non-hydrogen) atoms. The van der Waals surface area contributed by atoms with E-state index in [0.717, 1.165) is 5.56 Å². The normalized spacial score (nSPS) is 18.6. The minimum Gasteiger partial charge on any atom is -0.491 e. The van der Waals surface area contributed by atoms with Gasteiger partial charge in [-0.05, 0) is 19.1 Å². The number of ether oxygens (including phenoxy) is 1. The molecule has 0 saturated carbocycles. The summed E-state index contributed by atoms with van der Waals surface area (Å²) in [6.07, 6.45) is 0. The number of carbonyl (C=O) groups is 1. The minimum atomic E-state index is -0.411. The van der Waals surface area contributed by atoms with Crippen LogP contribution in [0.2, 0.25) is 0 Å². The molecule has 4 heteroatoms. The van der Waals surface area contributed by atoms with E-state index in [4.69, 9.17) is 10.00 Å². The number of fused-ring (bicyclic) bond motifs is 1. The minimum absolute atomic E-state index is 0.0136. The smallest absolute Gasteiger partial charge is 0.228 e. The summed E-state index contributed by atoms with van der Waals surface area (Å²) in [6.45, 7) is 8.73. The molecule has 0 saturated heterocycles. The first kappa shape index (κ1) is 14.4. The van der Waals surface area contributed by atoms with Crippen molar-refractivity contribution < 1.29 is 9.53 Å². The van der Waals surface area contributed by atoms with Crippen molar-refractivity contribution in [3.8, 4) is 11.8 Å². The molecule has 0 aromatic heterocycles. The third-order valence-corrected chi connectivity index (χ3v) is 3.45. The Balaban J connectivity index is 2.34. The van der Waals surface area contributed by atoms with Crippen LogP contribution in [0.15, 0.2) is 18.2 Å². The molecule has 4 nitrogen and oxygen atoms in total. The maximum Gasteiger partial charge on any atom is 0.228 e. The van der Waals surface area contributed by atoms with E-state index in [-0.39, 0.29) is 11.9 Å². The quantitative estimate of drug-likeness (QED) is 0.729. The van der Waals surface area contributed by atoms with Crippen LogP contribution in [0.1, 0.15) is 38.8 Å². The van der Waals surface area contributed by atoms with Crippen molar-refractivity contribution in [2.24, 2.45) is 5.41 Å². The van der Waals surface area contributed by atoms with Crippen LogP contribution in [0.25, 0.3) is 0 Å². The molecule has 0 N–H and O–H groups in total. The Labute approximate surface area is 120 Å². The van der Waals surface area contributed by atoms with Crippen molar-refractivity contribution in [2.45, 2.75) is 40.3 Å². The summed E-state index contributed by atoms with van der Waals surface area (Å²) in [4.78, 5) is 14.4. The van der Waals surface area contributed by atoms with Gasteiger partial charge in [0.15, 0.2) is 0 Å². The molecule has 106 valence electrons. The highest BCUT2D eigenvalue weighted by atomic mass is 16.5. The first-order valence-corrected chi connectivity index (χ1v) is 6.80. The van der Waals surface area contributed by atoms with Crippen LogP contribution in [0.4, 0.5) is 0 Å². The predicted octanol–water partition coefficient (Wildman–Crippen LogP) is 2.71. The molecule has 1 atom stereocenters. The van der Waals surface area contributed by atoms with E-state index in [1.807, 2.05) is 38.7 Å². The van der Waals surface area contributed by atoms with Crippen LogP contribution in [0.3, 0.4) is 0 Å².